The van der Waals surface area contributed by atoms with E-state index in [2.05, 4.69) is 31.2 Å². The lowest BCUT2D eigenvalue weighted by Gasteiger charge is -2.19. The van der Waals surface area contributed by atoms with Crippen LogP contribution in [-0.2, 0) is 4.74 Å². The average molecular weight is 437 g/mol. The number of amides is 1. The third-order valence-electron chi connectivity index (χ3n) is 3.17. The molecule has 0 saturated carbocycles. The first-order chi connectivity index (χ1) is 12.7. The van der Waals surface area contributed by atoms with Gasteiger partial charge in [-0.3, -0.25) is 9.72 Å². The minimum absolute atomic E-state index is 0.259. The van der Waals surface area contributed by atoms with E-state index in [0.29, 0.717) is 17.2 Å². The molecule has 1 N–H and O–H groups in total. The van der Waals surface area contributed by atoms with Crippen LogP contribution in [0.5, 0.6) is 0 Å². The van der Waals surface area contributed by atoms with Crippen molar-refractivity contribution in [1.82, 2.24) is 14.4 Å². The molecule has 2 aromatic heterocycles. The number of hydrogen-bond donors (Lipinski definition) is 1. The largest absolute Gasteiger partial charge is 0.444 e. The number of carbonyl (C=O) groups excluding carboxylic acids is 1. The van der Waals surface area contributed by atoms with Gasteiger partial charge in [-0.05, 0) is 54.9 Å². The van der Waals surface area contributed by atoms with E-state index < -0.39 is 17.5 Å². The Kier molecular flexibility index (Phi) is 6.54. The second-order valence-corrected chi connectivity index (χ2v) is 7.34. The molecule has 3 rings (SSSR count). The van der Waals surface area contributed by atoms with Gasteiger partial charge in [-0.2, -0.15) is 0 Å². The van der Waals surface area contributed by atoms with Crippen molar-refractivity contribution >= 4 is 33.5 Å². The molecule has 0 aliphatic rings. The number of anilines is 1. The quantitative estimate of drug-likeness (QED) is 0.561. The van der Waals surface area contributed by atoms with Crippen molar-refractivity contribution in [2.45, 2.75) is 40.2 Å². The Hall–Kier alpha value is -2.48. The molecule has 0 radical (unpaired) electrons. The first-order valence-electron chi connectivity index (χ1n) is 8.51. The van der Waals surface area contributed by atoms with Crippen LogP contribution in [-0.4, -0.2) is 26.1 Å². The number of benzene rings is 1. The highest BCUT2D eigenvalue weighted by Gasteiger charge is 2.17. The molecular formula is C19H22BrFN4O2. The zero-order valence-electron chi connectivity index (χ0n) is 15.9. The molecule has 3 aromatic rings. The highest BCUT2D eigenvalue weighted by atomic mass is 79.9. The summed E-state index contributed by atoms with van der Waals surface area (Å²) in [6.07, 6.45) is 4.45. The van der Waals surface area contributed by atoms with Gasteiger partial charge in [0.1, 0.15) is 11.4 Å². The van der Waals surface area contributed by atoms with E-state index in [-0.39, 0.29) is 5.56 Å². The van der Waals surface area contributed by atoms with Gasteiger partial charge in [0.2, 0.25) is 5.78 Å². The summed E-state index contributed by atoms with van der Waals surface area (Å²) in [5.41, 5.74) is 0.469. The van der Waals surface area contributed by atoms with E-state index in [1.165, 1.54) is 18.2 Å². The van der Waals surface area contributed by atoms with Crippen molar-refractivity contribution in [3.8, 4) is 11.3 Å². The van der Waals surface area contributed by atoms with E-state index >= 15 is 0 Å². The van der Waals surface area contributed by atoms with Crippen LogP contribution in [0.4, 0.5) is 14.9 Å². The van der Waals surface area contributed by atoms with E-state index in [9.17, 15) is 9.18 Å². The lowest BCUT2D eigenvalue weighted by Crippen LogP contribution is -2.27. The fourth-order valence-electron chi connectivity index (χ4n) is 2.21. The van der Waals surface area contributed by atoms with Crippen molar-refractivity contribution in [3.05, 3.63) is 47.1 Å². The Bertz CT molecular complexity index is 951. The lowest BCUT2D eigenvalue weighted by molar-refractivity contribution is 0.0636. The van der Waals surface area contributed by atoms with Gasteiger partial charge in [0.25, 0.3) is 0 Å². The molecule has 0 aliphatic heterocycles. The second kappa shape index (κ2) is 8.47. The average Bonchev–Trinajstić information content (AvgIpc) is 2.99. The van der Waals surface area contributed by atoms with E-state index in [0.717, 1.165) is 4.47 Å². The van der Waals surface area contributed by atoms with Gasteiger partial charge in [-0.1, -0.05) is 13.8 Å². The van der Waals surface area contributed by atoms with Crippen molar-refractivity contribution in [2.75, 3.05) is 5.32 Å². The first-order valence-corrected chi connectivity index (χ1v) is 9.31. The van der Waals surface area contributed by atoms with Gasteiger partial charge in [-0.15, -0.1) is 0 Å². The SMILES string of the molecule is CC.CC(C)(C)OC(=O)Nc1ccc(F)c(-c2cn3cc(Br)cnc3n2)c1. The molecule has 0 unspecified atom stereocenters. The van der Waals surface area contributed by atoms with Gasteiger partial charge >= 0.3 is 6.09 Å². The van der Waals surface area contributed by atoms with Crippen molar-refractivity contribution in [2.24, 2.45) is 0 Å². The van der Waals surface area contributed by atoms with Crippen molar-refractivity contribution in [1.29, 1.82) is 0 Å². The lowest BCUT2D eigenvalue weighted by atomic mass is 10.1. The molecule has 0 bridgehead atoms. The van der Waals surface area contributed by atoms with E-state index in [4.69, 9.17) is 4.74 Å². The standard InChI is InChI=1S/C17H16BrFN4O2.C2H6/c1-17(2,3)25-16(24)21-11-4-5-13(19)12(6-11)14-9-23-8-10(18)7-20-15(23)22-14;1-2/h4-9H,1-3H3,(H,21,24);1-2H3. The first kappa shape index (κ1) is 20.8. The fraction of sp³-hybridized carbons (Fsp3) is 0.316. The van der Waals surface area contributed by atoms with E-state index in [1.54, 1.807) is 43.8 Å². The highest BCUT2D eigenvalue weighted by Crippen LogP contribution is 2.26. The maximum atomic E-state index is 14.2. The van der Waals surface area contributed by atoms with Crippen molar-refractivity contribution in [3.63, 3.8) is 0 Å². The number of hydrogen-bond acceptors (Lipinski definition) is 4. The molecule has 8 heteroatoms. The maximum Gasteiger partial charge on any atom is 0.412 e. The molecule has 6 nitrogen and oxygen atoms in total. The van der Waals surface area contributed by atoms with Gasteiger partial charge in [-0.25, -0.2) is 19.2 Å². The number of rotatable bonds is 2. The number of imidazole rings is 1. The Morgan fingerprint density at radius 2 is 1.96 bits per heavy atom. The molecular weight excluding hydrogens is 415 g/mol. The normalized spacial score (nSPS) is 10.9. The van der Waals surface area contributed by atoms with Crippen LogP contribution in [0.2, 0.25) is 0 Å². The minimum Gasteiger partial charge on any atom is -0.444 e. The van der Waals surface area contributed by atoms with Crippen LogP contribution in [0.15, 0.2) is 41.3 Å². The maximum absolute atomic E-state index is 14.2. The molecule has 144 valence electrons. The predicted octanol–water partition coefficient (Wildman–Crippen LogP) is 5.67. The summed E-state index contributed by atoms with van der Waals surface area (Å²) in [6, 6.07) is 4.25. The summed E-state index contributed by atoms with van der Waals surface area (Å²) >= 11 is 3.33. The summed E-state index contributed by atoms with van der Waals surface area (Å²) in [6.45, 7) is 9.30. The molecule has 0 spiro atoms. The molecule has 0 aliphatic carbocycles. The van der Waals surface area contributed by atoms with E-state index in [1.807, 2.05) is 13.8 Å². The summed E-state index contributed by atoms with van der Waals surface area (Å²) in [4.78, 5) is 20.3. The number of aromatic nitrogens is 3. The summed E-state index contributed by atoms with van der Waals surface area (Å²) in [5, 5.41) is 2.59. The van der Waals surface area contributed by atoms with Gasteiger partial charge in [0.15, 0.2) is 0 Å². The van der Waals surface area contributed by atoms with Crippen LogP contribution in [0.25, 0.3) is 17.0 Å². The second-order valence-electron chi connectivity index (χ2n) is 6.43. The van der Waals surface area contributed by atoms with Crippen LogP contribution >= 0.6 is 15.9 Å². The number of ether oxygens (including phenoxy) is 1. The van der Waals surface area contributed by atoms with Crippen LogP contribution in [0, 0.1) is 5.82 Å². The zero-order valence-corrected chi connectivity index (χ0v) is 17.5. The Labute approximate surface area is 165 Å². The minimum atomic E-state index is -0.617. The molecule has 0 saturated heterocycles. The third-order valence-corrected chi connectivity index (χ3v) is 3.58. The molecule has 27 heavy (non-hydrogen) atoms. The monoisotopic (exact) mass is 436 g/mol. The summed E-state index contributed by atoms with van der Waals surface area (Å²) in [7, 11) is 0. The van der Waals surface area contributed by atoms with Gasteiger partial charge < -0.3 is 4.74 Å². The summed E-state index contributed by atoms with van der Waals surface area (Å²) in [5.74, 6) is 0.000292. The fourth-order valence-corrected chi connectivity index (χ4v) is 2.53. The number of nitrogens with one attached hydrogen (secondary N) is 1. The predicted molar refractivity (Wildman–Crippen MR) is 107 cm³/mol. The number of fused-ring (bicyclic) bond motifs is 1. The van der Waals surface area contributed by atoms with Crippen LogP contribution in [0.3, 0.4) is 0 Å². The van der Waals surface area contributed by atoms with Gasteiger partial charge in [0, 0.05) is 29.8 Å². The Balaban J connectivity index is 0.00000126. The highest BCUT2D eigenvalue weighted by molar-refractivity contribution is 9.10. The van der Waals surface area contributed by atoms with Crippen LogP contribution < -0.4 is 5.32 Å². The topological polar surface area (TPSA) is 68.5 Å². The summed E-state index contributed by atoms with van der Waals surface area (Å²) < 4.78 is 21.9. The van der Waals surface area contributed by atoms with Crippen LogP contribution in [0.1, 0.15) is 34.6 Å². The molecule has 0 atom stereocenters. The number of carbonyl (C=O) groups is 1. The smallest absolute Gasteiger partial charge is 0.412 e. The number of nitrogens with zero attached hydrogens (tertiary/aromatic N) is 3. The third kappa shape index (κ3) is 5.50. The molecule has 2 heterocycles. The number of halogens is 2. The Morgan fingerprint density at radius 1 is 1.26 bits per heavy atom. The molecule has 1 amide bonds. The van der Waals surface area contributed by atoms with Crippen molar-refractivity contribution < 1.29 is 13.9 Å². The Morgan fingerprint density at radius 3 is 2.63 bits per heavy atom. The van der Waals surface area contributed by atoms with Gasteiger partial charge in [0.05, 0.1) is 10.2 Å². The molecule has 0 fully saturated rings. The molecule has 1 aromatic carbocycles. The zero-order chi connectivity index (χ0) is 20.2.